The Labute approximate surface area is 131 Å². The molecule has 1 aliphatic heterocycles. The first-order valence-corrected chi connectivity index (χ1v) is 8.61. The molecule has 2 rings (SSSR count). The smallest absolute Gasteiger partial charge is 0.241 e. The lowest BCUT2D eigenvalue weighted by Crippen LogP contribution is -2.42. The highest BCUT2D eigenvalue weighted by molar-refractivity contribution is 7.89. The van der Waals surface area contributed by atoms with Crippen molar-refractivity contribution in [3.8, 4) is 5.75 Å². The van der Waals surface area contributed by atoms with Gasteiger partial charge >= 0.3 is 0 Å². The van der Waals surface area contributed by atoms with Gasteiger partial charge in [0.2, 0.25) is 15.9 Å². The topological polar surface area (TPSA) is 75.7 Å². The number of benzene rings is 1. The Balaban J connectivity index is 2.47. The van der Waals surface area contributed by atoms with Gasteiger partial charge in [-0.15, -0.1) is 0 Å². The van der Waals surface area contributed by atoms with Crippen LogP contribution in [0.2, 0.25) is 0 Å². The molecule has 1 aliphatic rings. The van der Waals surface area contributed by atoms with Crippen LogP contribution < -0.4 is 14.4 Å². The number of fused-ring (bicyclic) bond motifs is 1. The molecule has 7 heteroatoms. The van der Waals surface area contributed by atoms with Crippen molar-refractivity contribution in [2.75, 3.05) is 11.4 Å². The summed E-state index contributed by atoms with van der Waals surface area (Å²) in [5.74, 6) is 0.374. The van der Waals surface area contributed by atoms with Crippen molar-refractivity contribution in [1.29, 1.82) is 0 Å². The molecule has 1 heterocycles. The van der Waals surface area contributed by atoms with Crippen LogP contribution in [0.25, 0.3) is 0 Å². The number of hydrogen-bond acceptors (Lipinski definition) is 4. The Hall–Kier alpha value is -1.60. The zero-order valence-corrected chi connectivity index (χ0v) is 14.3. The molecule has 0 radical (unpaired) electrons. The minimum absolute atomic E-state index is 0.116. The van der Waals surface area contributed by atoms with E-state index in [-0.39, 0.29) is 16.9 Å². The summed E-state index contributed by atoms with van der Waals surface area (Å²) in [6.45, 7) is 9.04. The van der Waals surface area contributed by atoms with Crippen LogP contribution in [0, 0.1) is 0 Å². The number of ether oxygens (including phenoxy) is 1. The van der Waals surface area contributed by atoms with E-state index < -0.39 is 15.6 Å². The highest BCUT2D eigenvalue weighted by Gasteiger charge is 2.29. The first kappa shape index (κ1) is 16.8. The van der Waals surface area contributed by atoms with Crippen LogP contribution in [0.1, 0.15) is 34.6 Å². The highest BCUT2D eigenvalue weighted by Crippen LogP contribution is 2.35. The largest absolute Gasteiger partial charge is 0.487 e. The number of carbonyl (C=O) groups excluding carboxylic acids is 1. The Kier molecular flexibility index (Phi) is 4.23. The Morgan fingerprint density at radius 1 is 1.36 bits per heavy atom. The predicted octanol–water partition coefficient (Wildman–Crippen LogP) is 1.90. The number of nitrogens with zero attached hydrogens (tertiary/aromatic N) is 1. The van der Waals surface area contributed by atoms with E-state index in [0.717, 1.165) is 0 Å². The maximum Gasteiger partial charge on any atom is 0.241 e. The number of anilines is 1. The van der Waals surface area contributed by atoms with Gasteiger partial charge in [0.25, 0.3) is 0 Å². The van der Waals surface area contributed by atoms with Gasteiger partial charge in [0.15, 0.2) is 0 Å². The molecule has 1 atom stereocenters. The van der Waals surface area contributed by atoms with E-state index in [0.29, 0.717) is 18.0 Å². The second-order valence-corrected chi connectivity index (χ2v) is 8.23. The van der Waals surface area contributed by atoms with Crippen LogP contribution in [0.4, 0.5) is 5.69 Å². The zero-order valence-electron chi connectivity index (χ0n) is 13.5. The fourth-order valence-corrected chi connectivity index (χ4v) is 3.78. The summed E-state index contributed by atoms with van der Waals surface area (Å²) < 4.78 is 33.1. The molecule has 1 amide bonds. The standard InChI is InChI=1S/C15H22N2O4S/c1-10-9-17(11(2)18)13-8-12(6-7-14(13)21-10)22(19,20)16-15(3,4)5/h6-8,10,16H,9H2,1-5H3. The van der Waals surface area contributed by atoms with Crippen LogP contribution in [-0.4, -0.2) is 32.5 Å². The van der Waals surface area contributed by atoms with E-state index in [9.17, 15) is 13.2 Å². The number of sulfonamides is 1. The van der Waals surface area contributed by atoms with E-state index in [4.69, 9.17) is 4.74 Å². The van der Waals surface area contributed by atoms with Gasteiger partial charge in [-0.3, -0.25) is 4.79 Å². The normalized spacial score (nSPS) is 18.6. The lowest BCUT2D eigenvalue weighted by Gasteiger charge is -2.33. The van der Waals surface area contributed by atoms with Gasteiger partial charge in [0.1, 0.15) is 11.9 Å². The molecule has 6 nitrogen and oxygen atoms in total. The average molecular weight is 326 g/mol. The van der Waals surface area contributed by atoms with Crippen molar-refractivity contribution >= 4 is 21.6 Å². The first-order chi connectivity index (χ1) is 9.99. The highest BCUT2D eigenvalue weighted by atomic mass is 32.2. The molecule has 122 valence electrons. The molecule has 1 N–H and O–H groups in total. The zero-order chi connectivity index (χ0) is 16.7. The fourth-order valence-electron chi connectivity index (χ4n) is 2.34. The summed E-state index contributed by atoms with van der Waals surface area (Å²) in [5.41, 5.74) is -0.0950. The minimum atomic E-state index is -3.66. The van der Waals surface area contributed by atoms with E-state index in [1.165, 1.54) is 19.1 Å². The SMILES string of the molecule is CC(=O)N1CC(C)Oc2ccc(S(=O)(=O)NC(C)(C)C)cc21. The monoisotopic (exact) mass is 326 g/mol. The summed E-state index contributed by atoms with van der Waals surface area (Å²) in [6, 6.07) is 4.57. The van der Waals surface area contributed by atoms with Gasteiger partial charge in [-0.2, -0.15) is 0 Å². The van der Waals surface area contributed by atoms with Gasteiger partial charge in [-0.1, -0.05) is 0 Å². The molecule has 1 aromatic carbocycles. The Bertz CT molecular complexity index is 692. The number of hydrogen-bond donors (Lipinski definition) is 1. The van der Waals surface area contributed by atoms with E-state index in [1.54, 1.807) is 31.7 Å². The third-order valence-corrected chi connectivity index (χ3v) is 4.88. The molecule has 0 aliphatic carbocycles. The van der Waals surface area contributed by atoms with Crippen molar-refractivity contribution in [2.45, 2.75) is 51.2 Å². The quantitative estimate of drug-likeness (QED) is 0.900. The molecule has 0 aromatic heterocycles. The number of nitrogens with one attached hydrogen (secondary N) is 1. The van der Waals surface area contributed by atoms with Crippen LogP contribution in [-0.2, 0) is 14.8 Å². The van der Waals surface area contributed by atoms with E-state index in [1.807, 2.05) is 6.92 Å². The van der Waals surface area contributed by atoms with Gasteiger partial charge in [-0.25, -0.2) is 13.1 Å². The molecule has 0 bridgehead atoms. The first-order valence-electron chi connectivity index (χ1n) is 7.12. The lowest BCUT2D eigenvalue weighted by molar-refractivity contribution is -0.117. The van der Waals surface area contributed by atoms with Crippen molar-refractivity contribution in [3.05, 3.63) is 18.2 Å². The number of amides is 1. The minimum Gasteiger partial charge on any atom is -0.487 e. The molecule has 1 unspecified atom stereocenters. The molecule has 0 saturated carbocycles. The van der Waals surface area contributed by atoms with Crippen molar-refractivity contribution in [1.82, 2.24) is 4.72 Å². The van der Waals surface area contributed by atoms with Crippen molar-refractivity contribution < 1.29 is 17.9 Å². The fraction of sp³-hybridized carbons (Fsp3) is 0.533. The van der Waals surface area contributed by atoms with Crippen molar-refractivity contribution in [3.63, 3.8) is 0 Å². The lowest BCUT2D eigenvalue weighted by atomic mass is 10.1. The molecule has 0 saturated heterocycles. The summed E-state index contributed by atoms with van der Waals surface area (Å²) in [5, 5.41) is 0. The molecule has 22 heavy (non-hydrogen) atoms. The van der Waals surface area contributed by atoms with Gasteiger partial charge < -0.3 is 9.64 Å². The van der Waals surface area contributed by atoms with Crippen LogP contribution in [0.3, 0.4) is 0 Å². The summed E-state index contributed by atoms with van der Waals surface area (Å²) in [6.07, 6.45) is -0.133. The van der Waals surface area contributed by atoms with Crippen LogP contribution in [0.5, 0.6) is 5.75 Å². The van der Waals surface area contributed by atoms with Gasteiger partial charge in [0.05, 0.1) is 17.1 Å². The third-order valence-electron chi connectivity index (χ3n) is 3.12. The Morgan fingerprint density at radius 3 is 2.55 bits per heavy atom. The molecular formula is C15H22N2O4S. The maximum atomic E-state index is 12.4. The third kappa shape index (κ3) is 3.59. The van der Waals surface area contributed by atoms with E-state index >= 15 is 0 Å². The van der Waals surface area contributed by atoms with Crippen LogP contribution in [0.15, 0.2) is 23.1 Å². The average Bonchev–Trinajstić information content (AvgIpc) is 2.34. The molecule has 0 spiro atoms. The summed E-state index contributed by atoms with van der Waals surface area (Å²) in [4.78, 5) is 13.5. The number of carbonyl (C=O) groups is 1. The van der Waals surface area contributed by atoms with E-state index in [2.05, 4.69) is 4.72 Å². The Morgan fingerprint density at radius 2 is 2.00 bits per heavy atom. The molecule has 1 aromatic rings. The summed E-state index contributed by atoms with van der Waals surface area (Å²) in [7, 11) is -3.66. The maximum absolute atomic E-state index is 12.4. The van der Waals surface area contributed by atoms with Crippen LogP contribution >= 0.6 is 0 Å². The molecular weight excluding hydrogens is 304 g/mol. The van der Waals surface area contributed by atoms with Gasteiger partial charge in [0, 0.05) is 12.5 Å². The van der Waals surface area contributed by atoms with Gasteiger partial charge in [-0.05, 0) is 45.9 Å². The molecule has 0 fully saturated rings. The second kappa shape index (κ2) is 5.55. The number of rotatable bonds is 2. The van der Waals surface area contributed by atoms with Crippen molar-refractivity contribution in [2.24, 2.45) is 0 Å². The summed E-state index contributed by atoms with van der Waals surface area (Å²) >= 11 is 0. The second-order valence-electron chi connectivity index (χ2n) is 6.54. The predicted molar refractivity (Wildman–Crippen MR) is 84.6 cm³/mol.